The molecule has 3 aromatic rings. The number of aliphatic hydroxyl groups excluding tert-OH is 2. The predicted molar refractivity (Wildman–Crippen MR) is 162 cm³/mol. The smallest absolute Gasteiger partial charge is 0.258 e. The third-order valence-corrected chi connectivity index (χ3v) is 8.28. The van der Waals surface area contributed by atoms with Crippen molar-refractivity contribution in [3.05, 3.63) is 101 Å². The number of carbonyl (C=O) groups excluding carboxylic acids is 3. The summed E-state index contributed by atoms with van der Waals surface area (Å²) in [6.45, 7) is 3.51. The summed E-state index contributed by atoms with van der Waals surface area (Å²) >= 11 is 1.43. The lowest BCUT2D eigenvalue weighted by Gasteiger charge is -2.30. The summed E-state index contributed by atoms with van der Waals surface area (Å²) in [6, 6.07) is 20.6. The number of thioether (sulfide) groups is 1. The standard InChI is InChI=1S/C32H37N3O6S/c1-21-9-6-7-13-24(21)16-33-31(39)27-19-42-20-35(27)32(40)29(38)26(15-23-11-4-3-5-12-23)34-28(37)18-41-30-22(2)10-8-14-25(30)17-36/h3-14,26-27,29,36,38H,15-20H2,1-2H3,(H,33,39)(H,34,37)/t26-,27-,29-/m0/s1. The molecule has 0 aliphatic carbocycles. The van der Waals surface area contributed by atoms with Crippen LogP contribution in [0.3, 0.4) is 0 Å². The highest BCUT2D eigenvalue weighted by Gasteiger charge is 2.40. The van der Waals surface area contributed by atoms with Gasteiger partial charge >= 0.3 is 0 Å². The van der Waals surface area contributed by atoms with E-state index in [1.165, 1.54) is 16.7 Å². The van der Waals surface area contributed by atoms with Crippen LogP contribution in [0.15, 0.2) is 72.8 Å². The van der Waals surface area contributed by atoms with Crippen LogP contribution in [0.2, 0.25) is 0 Å². The van der Waals surface area contributed by atoms with Crippen molar-refractivity contribution in [1.82, 2.24) is 15.5 Å². The molecule has 42 heavy (non-hydrogen) atoms. The number of nitrogens with one attached hydrogen (secondary N) is 2. The number of aryl methyl sites for hydroxylation is 2. The topological polar surface area (TPSA) is 128 Å². The lowest BCUT2D eigenvalue weighted by molar-refractivity contribution is -0.146. The highest BCUT2D eigenvalue weighted by molar-refractivity contribution is 7.99. The lowest BCUT2D eigenvalue weighted by atomic mass is 9.99. The number of hydrogen-bond acceptors (Lipinski definition) is 7. The maximum atomic E-state index is 13.6. The summed E-state index contributed by atoms with van der Waals surface area (Å²) in [4.78, 5) is 41.1. The molecule has 0 spiro atoms. The normalized spacial score (nSPS) is 16.0. The predicted octanol–water partition coefficient (Wildman–Crippen LogP) is 2.48. The molecule has 1 aliphatic rings. The van der Waals surface area contributed by atoms with Crippen LogP contribution in [0.4, 0.5) is 0 Å². The molecule has 4 rings (SSSR count). The summed E-state index contributed by atoms with van der Waals surface area (Å²) < 4.78 is 5.73. The molecule has 3 amide bonds. The first-order chi connectivity index (χ1) is 20.3. The van der Waals surface area contributed by atoms with Gasteiger partial charge in [-0.05, 0) is 42.5 Å². The van der Waals surface area contributed by atoms with E-state index in [0.717, 1.165) is 22.3 Å². The molecule has 10 heteroatoms. The quantitative estimate of drug-likeness (QED) is 0.255. The van der Waals surface area contributed by atoms with Crippen LogP contribution in [0.5, 0.6) is 5.75 Å². The second-order valence-corrected chi connectivity index (χ2v) is 11.3. The second kappa shape index (κ2) is 14.9. The first-order valence-electron chi connectivity index (χ1n) is 13.8. The molecule has 222 valence electrons. The molecule has 1 heterocycles. The SMILES string of the molecule is Cc1ccccc1CNC(=O)[C@@H]1CSCN1C(=O)[C@@H](O)[C@H](Cc1ccccc1)NC(=O)COc1c(C)cccc1CO. The van der Waals surface area contributed by atoms with Gasteiger partial charge in [-0.25, -0.2) is 0 Å². The van der Waals surface area contributed by atoms with E-state index in [4.69, 9.17) is 4.74 Å². The Morgan fingerprint density at radius 2 is 1.67 bits per heavy atom. The van der Waals surface area contributed by atoms with E-state index < -0.39 is 30.0 Å². The number of nitrogens with zero attached hydrogens (tertiary/aromatic N) is 1. The molecule has 1 fully saturated rings. The monoisotopic (exact) mass is 591 g/mol. The number of rotatable bonds is 12. The van der Waals surface area contributed by atoms with E-state index in [1.54, 1.807) is 12.1 Å². The first-order valence-corrected chi connectivity index (χ1v) is 15.0. The van der Waals surface area contributed by atoms with E-state index in [2.05, 4.69) is 10.6 Å². The van der Waals surface area contributed by atoms with Crippen molar-refractivity contribution >= 4 is 29.5 Å². The maximum absolute atomic E-state index is 13.6. The molecule has 0 aromatic heterocycles. The van der Waals surface area contributed by atoms with Crippen molar-refractivity contribution in [3.8, 4) is 5.75 Å². The zero-order chi connectivity index (χ0) is 30.1. The van der Waals surface area contributed by atoms with Crippen molar-refractivity contribution in [2.24, 2.45) is 0 Å². The Morgan fingerprint density at radius 3 is 2.40 bits per heavy atom. The largest absolute Gasteiger partial charge is 0.483 e. The number of benzene rings is 3. The van der Waals surface area contributed by atoms with E-state index in [-0.39, 0.29) is 31.4 Å². The zero-order valence-corrected chi connectivity index (χ0v) is 24.6. The van der Waals surface area contributed by atoms with E-state index in [1.807, 2.05) is 74.5 Å². The molecule has 4 N–H and O–H groups in total. The molecule has 0 unspecified atom stereocenters. The van der Waals surface area contributed by atoms with Gasteiger partial charge in [0, 0.05) is 17.9 Å². The number of para-hydroxylation sites is 1. The highest BCUT2D eigenvalue weighted by atomic mass is 32.2. The fourth-order valence-corrected chi connectivity index (χ4v) is 6.03. The van der Waals surface area contributed by atoms with Gasteiger partial charge in [0.1, 0.15) is 11.8 Å². The van der Waals surface area contributed by atoms with Gasteiger partial charge in [0.25, 0.3) is 11.8 Å². The Kier molecular flexibility index (Phi) is 11.0. The minimum Gasteiger partial charge on any atom is -0.483 e. The summed E-state index contributed by atoms with van der Waals surface area (Å²) in [5.41, 5.74) is 4.18. The Bertz CT molecular complexity index is 1390. The Balaban J connectivity index is 1.44. The number of ether oxygens (including phenoxy) is 1. The van der Waals surface area contributed by atoms with Gasteiger partial charge in [-0.15, -0.1) is 11.8 Å². The van der Waals surface area contributed by atoms with Crippen LogP contribution in [-0.2, 0) is 34.0 Å². The molecule has 0 bridgehead atoms. The fourth-order valence-electron chi connectivity index (χ4n) is 4.87. The van der Waals surface area contributed by atoms with E-state index in [9.17, 15) is 24.6 Å². The van der Waals surface area contributed by atoms with Crippen LogP contribution in [0.1, 0.15) is 27.8 Å². The highest BCUT2D eigenvalue weighted by Crippen LogP contribution is 2.25. The average Bonchev–Trinajstić information content (AvgIpc) is 3.49. The molecule has 1 aliphatic heterocycles. The van der Waals surface area contributed by atoms with Gasteiger partial charge < -0.3 is 30.5 Å². The molecule has 1 saturated heterocycles. The molecule has 9 nitrogen and oxygen atoms in total. The number of hydrogen-bond donors (Lipinski definition) is 4. The number of amides is 3. The summed E-state index contributed by atoms with van der Waals surface area (Å²) in [5.74, 6) is -0.368. The van der Waals surface area contributed by atoms with Crippen molar-refractivity contribution in [1.29, 1.82) is 0 Å². The summed E-state index contributed by atoms with van der Waals surface area (Å²) in [6.07, 6.45) is -1.40. The van der Waals surface area contributed by atoms with Crippen LogP contribution in [-0.4, -0.2) is 69.3 Å². The minimum atomic E-state index is -1.59. The van der Waals surface area contributed by atoms with Crippen molar-refractivity contribution in [3.63, 3.8) is 0 Å². The summed E-state index contributed by atoms with van der Waals surface area (Å²) in [5, 5.41) is 26.6. The molecular weight excluding hydrogens is 554 g/mol. The molecule has 3 atom stereocenters. The van der Waals surface area contributed by atoms with Gasteiger partial charge in [0.05, 0.1) is 18.5 Å². The van der Waals surface area contributed by atoms with E-state index >= 15 is 0 Å². The maximum Gasteiger partial charge on any atom is 0.258 e. The van der Waals surface area contributed by atoms with Crippen LogP contribution < -0.4 is 15.4 Å². The molecule has 3 aromatic carbocycles. The number of aliphatic hydroxyl groups is 2. The van der Waals surface area contributed by atoms with Gasteiger partial charge in [0.15, 0.2) is 12.7 Å². The molecular formula is C32H37N3O6S. The van der Waals surface area contributed by atoms with Crippen LogP contribution in [0.25, 0.3) is 0 Å². The molecule has 0 saturated carbocycles. The lowest BCUT2D eigenvalue weighted by Crippen LogP contribution is -2.56. The second-order valence-electron chi connectivity index (χ2n) is 10.3. The van der Waals surface area contributed by atoms with Gasteiger partial charge in [0.2, 0.25) is 5.91 Å². The average molecular weight is 592 g/mol. The van der Waals surface area contributed by atoms with Crippen molar-refractivity contribution in [2.45, 2.75) is 51.6 Å². The van der Waals surface area contributed by atoms with Crippen LogP contribution >= 0.6 is 11.8 Å². The Labute approximate surface area is 250 Å². The first kappa shape index (κ1) is 31.1. The minimum absolute atomic E-state index is 0.191. The van der Waals surface area contributed by atoms with Gasteiger partial charge in [-0.3, -0.25) is 14.4 Å². The Hall–Kier alpha value is -3.86. The van der Waals surface area contributed by atoms with E-state index in [0.29, 0.717) is 23.6 Å². The molecule has 0 radical (unpaired) electrons. The van der Waals surface area contributed by atoms with Crippen molar-refractivity contribution < 1.29 is 29.3 Å². The van der Waals surface area contributed by atoms with Gasteiger partial charge in [-0.1, -0.05) is 72.8 Å². The van der Waals surface area contributed by atoms with Crippen molar-refractivity contribution in [2.75, 3.05) is 18.2 Å². The zero-order valence-electron chi connectivity index (χ0n) is 23.8. The fraction of sp³-hybridized carbons (Fsp3) is 0.344. The summed E-state index contributed by atoms with van der Waals surface area (Å²) in [7, 11) is 0. The van der Waals surface area contributed by atoms with Gasteiger partial charge in [-0.2, -0.15) is 0 Å². The third kappa shape index (κ3) is 7.90. The third-order valence-electron chi connectivity index (χ3n) is 7.27. The Morgan fingerprint density at radius 1 is 0.976 bits per heavy atom. The van der Waals surface area contributed by atoms with Crippen LogP contribution in [0, 0.1) is 13.8 Å². The number of carbonyl (C=O) groups is 3.